The van der Waals surface area contributed by atoms with Gasteiger partial charge in [-0.3, -0.25) is 14.9 Å². The third-order valence-corrected chi connectivity index (χ3v) is 4.26. The van der Waals surface area contributed by atoms with Crippen LogP contribution in [0, 0.1) is 0 Å². The van der Waals surface area contributed by atoms with E-state index >= 15 is 0 Å². The molecule has 0 atom stereocenters. The largest absolute Gasteiger partial charge is 0.405 e. The summed E-state index contributed by atoms with van der Waals surface area (Å²) in [6.07, 6.45) is -0.251. The van der Waals surface area contributed by atoms with Gasteiger partial charge in [0.2, 0.25) is 0 Å². The minimum absolute atomic E-state index is 0.0780. The second-order valence-corrected chi connectivity index (χ2v) is 6.74. The Morgan fingerprint density at radius 1 is 1.31 bits per heavy atom. The minimum Gasteiger partial charge on any atom is -0.396 e. The van der Waals surface area contributed by atoms with Crippen LogP contribution in [0.25, 0.3) is 0 Å². The first-order valence-corrected chi connectivity index (χ1v) is 9.23. The number of aryl methyl sites for hydroxylation is 1. The third kappa shape index (κ3) is 7.81. The molecule has 1 aliphatic rings. The Labute approximate surface area is 165 Å². The monoisotopic (exact) mass is 417 g/mol. The van der Waals surface area contributed by atoms with E-state index in [2.05, 4.69) is 5.32 Å². The summed E-state index contributed by atoms with van der Waals surface area (Å²) in [5.74, 6) is 4.41. The molecule has 2 amide bonds. The predicted molar refractivity (Wildman–Crippen MR) is 97.2 cm³/mol. The van der Waals surface area contributed by atoms with Crippen molar-refractivity contribution in [1.29, 1.82) is 0 Å². The lowest BCUT2D eigenvalue weighted by Crippen LogP contribution is -2.92. The number of halogens is 3. The Hall–Kier alpha value is -2.47. The van der Waals surface area contributed by atoms with Crippen molar-refractivity contribution >= 4 is 17.5 Å². The van der Waals surface area contributed by atoms with Crippen LogP contribution in [0.2, 0.25) is 0 Å². The summed E-state index contributed by atoms with van der Waals surface area (Å²) in [6, 6.07) is 4.65. The highest BCUT2D eigenvalue weighted by molar-refractivity contribution is 5.94. The Morgan fingerprint density at radius 2 is 2.03 bits per heavy atom. The van der Waals surface area contributed by atoms with Crippen molar-refractivity contribution in [3.05, 3.63) is 41.2 Å². The van der Waals surface area contributed by atoms with Crippen molar-refractivity contribution in [3.63, 3.8) is 0 Å². The van der Waals surface area contributed by atoms with E-state index in [0.717, 1.165) is 12.8 Å². The molecule has 1 saturated carbocycles. The molecule has 1 fully saturated rings. The van der Waals surface area contributed by atoms with Crippen LogP contribution in [0.15, 0.2) is 30.1 Å². The van der Waals surface area contributed by atoms with Gasteiger partial charge in [0.25, 0.3) is 11.6 Å². The van der Waals surface area contributed by atoms with Gasteiger partial charge < -0.3 is 15.7 Å². The number of hydrogen-bond donors (Lipinski definition) is 6. The molecule has 0 heterocycles. The van der Waals surface area contributed by atoms with E-state index in [9.17, 15) is 22.8 Å². The number of amides is 2. The fourth-order valence-corrected chi connectivity index (χ4v) is 2.56. The molecule has 8 nitrogen and oxygen atoms in total. The molecule has 0 bridgehead atoms. The van der Waals surface area contributed by atoms with Crippen molar-refractivity contribution in [2.45, 2.75) is 37.9 Å². The van der Waals surface area contributed by atoms with Crippen LogP contribution >= 0.6 is 0 Å². The van der Waals surface area contributed by atoms with E-state index in [4.69, 9.17) is 10.9 Å². The molecule has 160 valence electrons. The molecule has 1 aromatic carbocycles. The van der Waals surface area contributed by atoms with Gasteiger partial charge in [-0.1, -0.05) is 0 Å². The molecule has 0 spiro atoms. The van der Waals surface area contributed by atoms with E-state index in [-0.39, 0.29) is 29.8 Å². The smallest absolute Gasteiger partial charge is 0.396 e. The topological polar surface area (TPSA) is 138 Å². The average Bonchev–Trinajstić information content (AvgIpc) is 3.48. The summed E-state index contributed by atoms with van der Waals surface area (Å²) in [7, 11) is 0. The van der Waals surface area contributed by atoms with Gasteiger partial charge in [-0.25, -0.2) is 5.43 Å². The molecule has 0 radical (unpaired) electrons. The number of carbonyl (C=O) groups excluding carboxylic acids is 2. The highest BCUT2D eigenvalue weighted by atomic mass is 19.4. The van der Waals surface area contributed by atoms with Crippen molar-refractivity contribution in [2.24, 2.45) is 5.84 Å². The Bertz CT molecular complexity index is 764. The molecular weight excluding hydrogens is 391 g/mol. The van der Waals surface area contributed by atoms with Gasteiger partial charge >= 0.3 is 12.1 Å². The molecule has 2 rings (SSSR count). The van der Waals surface area contributed by atoms with Gasteiger partial charge in [0, 0.05) is 29.8 Å². The van der Waals surface area contributed by atoms with Crippen molar-refractivity contribution in [2.75, 3.05) is 13.2 Å². The second kappa shape index (κ2) is 10.3. The zero-order valence-corrected chi connectivity index (χ0v) is 15.8. The molecule has 1 aromatic rings. The molecular formula is C18H26F3N5O3+2. The summed E-state index contributed by atoms with van der Waals surface area (Å²) in [5, 5.41) is 15.4. The van der Waals surface area contributed by atoms with E-state index in [0.29, 0.717) is 24.1 Å². The van der Waals surface area contributed by atoms with Crippen LogP contribution < -0.4 is 27.2 Å². The lowest BCUT2D eigenvalue weighted by molar-refractivity contribution is -0.624. The lowest BCUT2D eigenvalue weighted by Gasteiger charge is -2.11. The first-order valence-electron chi connectivity index (χ1n) is 9.23. The van der Waals surface area contributed by atoms with E-state index in [1.807, 2.05) is 5.32 Å². The van der Waals surface area contributed by atoms with Crippen molar-refractivity contribution in [1.82, 2.24) is 10.6 Å². The van der Waals surface area contributed by atoms with Gasteiger partial charge in [0.15, 0.2) is 6.20 Å². The normalized spacial score (nSPS) is 14.6. The van der Waals surface area contributed by atoms with Gasteiger partial charge in [0.05, 0.1) is 0 Å². The number of rotatable bonds is 10. The maximum Gasteiger partial charge on any atom is 0.405 e. The summed E-state index contributed by atoms with van der Waals surface area (Å²) in [6.45, 7) is -1.49. The van der Waals surface area contributed by atoms with E-state index in [1.54, 1.807) is 17.6 Å². The molecule has 1 aliphatic carbocycles. The van der Waals surface area contributed by atoms with Gasteiger partial charge in [-0.2, -0.15) is 19.0 Å². The number of benzene rings is 1. The summed E-state index contributed by atoms with van der Waals surface area (Å²) >= 11 is 0. The molecule has 29 heavy (non-hydrogen) atoms. The summed E-state index contributed by atoms with van der Waals surface area (Å²) in [4.78, 5) is 24.1. The van der Waals surface area contributed by atoms with Gasteiger partial charge in [-0.05, 0) is 37.8 Å². The lowest BCUT2D eigenvalue weighted by atomic mass is 10.0. The number of aliphatic hydroxyl groups is 1. The molecule has 11 heteroatoms. The number of carbonyl (C=O) groups is 2. The first kappa shape index (κ1) is 22.8. The quantitative estimate of drug-likeness (QED) is 0.121. The van der Waals surface area contributed by atoms with Crippen LogP contribution in [0.1, 0.15) is 35.2 Å². The highest BCUT2D eigenvalue weighted by Gasteiger charge is 2.28. The van der Waals surface area contributed by atoms with Crippen LogP contribution in [0.5, 0.6) is 0 Å². The zero-order chi connectivity index (χ0) is 21.4. The molecule has 0 aromatic heterocycles. The molecule has 0 aliphatic heterocycles. The second-order valence-electron chi connectivity index (χ2n) is 6.74. The van der Waals surface area contributed by atoms with Gasteiger partial charge in [-0.15, -0.1) is 0 Å². The number of nitrogens with two attached hydrogens (primary N) is 3. The number of alkyl halides is 3. The molecule has 0 unspecified atom stereocenters. The maximum atomic E-state index is 12.3. The van der Waals surface area contributed by atoms with Crippen LogP contribution in [0.4, 0.5) is 18.9 Å². The Morgan fingerprint density at radius 3 is 2.62 bits per heavy atom. The summed E-state index contributed by atoms with van der Waals surface area (Å²) < 4.78 is 36.9. The fourth-order valence-electron chi connectivity index (χ4n) is 2.56. The van der Waals surface area contributed by atoms with E-state index in [1.165, 1.54) is 17.6 Å². The van der Waals surface area contributed by atoms with Crippen LogP contribution in [-0.2, 0) is 11.2 Å². The zero-order valence-electron chi connectivity index (χ0n) is 15.8. The van der Waals surface area contributed by atoms with Crippen molar-refractivity contribution in [3.8, 4) is 0 Å². The fraction of sp³-hybridized carbons (Fsp3) is 0.444. The van der Waals surface area contributed by atoms with Gasteiger partial charge in [0.1, 0.15) is 12.2 Å². The Balaban J connectivity index is 2.13. The standard InChI is InChI=1S/C18H24F3N5O3/c19-18(20,21)10-24-16(28)12-3-6-14(11(8-12)2-1-7-27)23-9-15(26-22)17(29)25-13-4-5-13/h3,6,8-9,13,23,26-27H,1-2,4-5,7,10,22H2,(H,24,28)(H,25,29)/p+2/b15-9-. The minimum atomic E-state index is -4.50. The number of aliphatic hydroxyl groups excluding tert-OH is 1. The number of quaternary nitrogens is 2. The molecule has 9 N–H and O–H groups in total. The number of hydrogen-bond acceptors (Lipinski definition) is 4. The highest BCUT2D eigenvalue weighted by Crippen LogP contribution is 2.19. The predicted octanol–water partition coefficient (Wildman–Crippen LogP) is -1.34. The van der Waals surface area contributed by atoms with E-state index < -0.39 is 18.6 Å². The first-order chi connectivity index (χ1) is 13.7. The average molecular weight is 417 g/mol. The Kier molecular flexibility index (Phi) is 8.14. The third-order valence-electron chi connectivity index (χ3n) is 4.26. The SMILES string of the molecule is N[NH2+]/C(=C\[NH2+]c1ccc(C(=O)NCC(F)(F)F)cc1CCCO)C(=O)NC1CC1. The number of nitrogens with one attached hydrogen (secondary N) is 2. The van der Waals surface area contributed by atoms with Crippen molar-refractivity contribution < 1.29 is 38.6 Å². The van der Waals surface area contributed by atoms with Crippen LogP contribution in [-0.4, -0.2) is 42.3 Å². The summed E-state index contributed by atoms with van der Waals surface area (Å²) in [5.41, 5.74) is 2.89. The molecule has 0 saturated heterocycles. The maximum absolute atomic E-state index is 12.3. The van der Waals surface area contributed by atoms with Crippen LogP contribution in [0.3, 0.4) is 0 Å².